The van der Waals surface area contributed by atoms with E-state index in [9.17, 15) is 16.8 Å². The lowest BCUT2D eigenvalue weighted by molar-refractivity contribution is -0.0938. The summed E-state index contributed by atoms with van der Waals surface area (Å²) < 4.78 is 61.9. The smallest absolute Gasteiger partial charge is 0.243 e. The summed E-state index contributed by atoms with van der Waals surface area (Å²) in [5, 5.41) is 0. The summed E-state index contributed by atoms with van der Waals surface area (Å²) in [5.41, 5.74) is 0.539. The van der Waals surface area contributed by atoms with Gasteiger partial charge in [-0.3, -0.25) is 0 Å². The fraction of sp³-hybridized carbons (Fsp3) is 0.625. The zero-order valence-electron chi connectivity index (χ0n) is 14.3. The maximum absolute atomic E-state index is 13.0. The highest BCUT2D eigenvalue weighted by Gasteiger charge is 2.35. The van der Waals surface area contributed by atoms with Crippen molar-refractivity contribution in [2.45, 2.75) is 35.8 Å². The van der Waals surface area contributed by atoms with E-state index in [1.165, 1.54) is 22.5 Å². The van der Waals surface area contributed by atoms with Crippen LogP contribution in [-0.4, -0.2) is 60.0 Å². The molecule has 0 N–H and O–H groups in total. The maximum atomic E-state index is 13.0. The van der Waals surface area contributed by atoms with Crippen LogP contribution in [0.25, 0.3) is 0 Å². The van der Waals surface area contributed by atoms with Crippen LogP contribution in [0.2, 0.25) is 0 Å². The highest BCUT2D eigenvalue weighted by atomic mass is 32.2. The van der Waals surface area contributed by atoms with E-state index in [4.69, 9.17) is 9.47 Å². The van der Waals surface area contributed by atoms with Crippen molar-refractivity contribution < 1.29 is 26.3 Å². The van der Waals surface area contributed by atoms with Gasteiger partial charge in [0.2, 0.25) is 10.0 Å². The second-order valence-corrected chi connectivity index (χ2v) is 10.5. The van der Waals surface area contributed by atoms with Gasteiger partial charge in [-0.05, 0) is 37.5 Å². The van der Waals surface area contributed by atoms with Gasteiger partial charge in [0.1, 0.15) is 0 Å². The molecule has 3 rings (SSSR count). The normalized spacial score (nSPS) is 21.7. The second kappa shape index (κ2) is 6.96. The predicted octanol–water partition coefficient (Wildman–Crippen LogP) is 1.17. The first-order chi connectivity index (χ1) is 11.7. The van der Waals surface area contributed by atoms with E-state index in [0.29, 0.717) is 44.7 Å². The van der Waals surface area contributed by atoms with Gasteiger partial charge >= 0.3 is 0 Å². The quantitative estimate of drug-likeness (QED) is 0.768. The van der Waals surface area contributed by atoms with Crippen molar-refractivity contribution >= 4 is 19.9 Å². The molecule has 0 aromatic heterocycles. The molecule has 1 aromatic carbocycles. The Morgan fingerprint density at radius 1 is 1.04 bits per heavy atom. The second-order valence-electron chi connectivity index (χ2n) is 6.55. The van der Waals surface area contributed by atoms with Gasteiger partial charge < -0.3 is 9.47 Å². The summed E-state index contributed by atoms with van der Waals surface area (Å²) in [6.07, 6.45) is 2.16. The van der Waals surface area contributed by atoms with Crippen molar-refractivity contribution in [3.05, 3.63) is 23.8 Å². The number of nitrogens with zero attached hydrogens (tertiary/aromatic N) is 1. The molecule has 0 radical (unpaired) electrons. The Kier molecular flexibility index (Phi) is 5.23. The first-order valence-corrected chi connectivity index (χ1v) is 11.6. The topological polar surface area (TPSA) is 90.0 Å². The number of piperidine rings is 1. The SMILES string of the molecule is Cc1ccc(S(C)(=O)=O)cc1S(=O)(=O)N1CCC(C2OCCO2)CC1. The minimum atomic E-state index is -3.74. The fourth-order valence-corrected chi connectivity index (χ4v) is 5.71. The van der Waals surface area contributed by atoms with Crippen molar-refractivity contribution in [3.63, 3.8) is 0 Å². The Bertz CT molecular complexity index is 835. The summed E-state index contributed by atoms with van der Waals surface area (Å²) >= 11 is 0. The average Bonchev–Trinajstić information content (AvgIpc) is 3.08. The molecule has 0 spiro atoms. The molecule has 2 fully saturated rings. The van der Waals surface area contributed by atoms with E-state index in [1.54, 1.807) is 6.92 Å². The highest BCUT2D eigenvalue weighted by Crippen LogP contribution is 2.30. The predicted molar refractivity (Wildman–Crippen MR) is 91.5 cm³/mol. The van der Waals surface area contributed by atoms with Crippen molar-refractivity contribution in [1.82, 2.24) is 4.31 Å². The van der Waals surface area contributed by atoms with Crippen molar-refractivity contribution in [1.29, 1.82) is 0 Å². The van der Waals surface area contributed by atoms with E-state index in [0.717, 1.165) is 6.26 Å². The molecule has 0 unspecified atom stereocenters. The van der Waals surface area contributed by atoms with Gasteiger partial charge in [0.05, 0.1) is 23.0 Å². The lowest BCUT2D eigenvalue weighted by atomic mass is 9.98. The molecule has 0 saturated carbocycles. The third-order valence-electron chi connectivity index (χ3n) is 4.74. The minimum absolute atomic E-state index is 0.0133. The first-order valence-electron chi connectivity index (χ1n) is 8.23. The molecule has 140 valence electrons. The van der Waals surface area contributed by atoms with Gasteiger partial charge in [-0.2, -0.15) is 4.31 Å². The van der Waals surface area contributed by atoms with Gasteiger partial charge in [0.15, 0.2) is 16.1 Å². The third-order valence-corrected chi connectivity index (χ3v) is 7.89. The summed E-state index contributed by atoms with van der Waals surface area (Å²) in [6, 6.07) is 4.23. The Balaban J connectivity index is 1.80. The number of sulfone groups is 1. The third kappa shape index (κ3) is 3.90. The van der Waals surface area contributed by atoms with Gasteiger partial charge in [0, 0.05) is 25.3 Å². The minimum Gasteiger partial charge on any atom is -0.350 e. The van der Waals surface area contributed by atoms with Crippen molar-refractivity contribution in [2.75, 3.05) is 32.6 Å². The van der Waals surface area contributed by atoms with Crippen LogP contribution in [0.1, 0.15) is 18.4 Å². The van der Waals surface area contributed by atoms with Crippen LogP contribution in [0.15, 0.2) is 28.0 Å². The molecule has 2 saturated heterocycles. The summed E-state index contributed by atoms with van der Waals surface area (Å²) in [5.74, 6) is 0.192. The molecule has 2 heterocycles. The van der Waals surface area contributed by atoms with Crippen molar-refractivity contribution in [3.8, 4) is 0 Å². The van der Waals surface area contributed by atoms with Gasteiger partial charge in [-0.15, -0.1) is 0 Å². The standard InChI is InChI=1S/C16H23NO6S2/c1-12-3-4-14(24(2,18)19)11-15(12)25(20,21)17-7-5-13(6-8-17)16-22-9-10-23-16/h3-4,11,13,16H,5-10H2,1-2H3. The molecule has 7 nitrogen and oxygen atoms in total. The van der Waals surface area contributed by atoms with E-state index >= 15 is 0 Å². The molecule has 2 aliphatic heterocycles. The molecular weight excluding hydrogens is 366 g/mol. The van der Waals surface area contributed by atoms with Crippen LogP contribution in [0.4, 0.5) is 0 Å². The molecule has 0 atom stereocenters. The van der Waals surface area contributed by atoms with E-state index in [1.807, 2.05) is 0 Å². The molecule has 0 aliphatic carbocycles. The van der Waals surface area contributed by atoms with Crippen LogP contribution in [-0.2, 0) is 29.3 Å². The summed E-state index contributed by atoms with van der Waals surface area (Å²) in [6.45, 7) is 3.59. The van der Waals surface area contributed by atoms with Gasteiger partial charge in [-0.25, -0.2) is 16.8 Å². The highest BCUT2D eigenvalue weighted by molar-refractivity contribution is 7.91. The van der Waals surface area contributed by atoms with Crippen LogP contribution in [0.3, 0.4) is 0 Å². The van der Waals surface area contributed by atoms with Gasteiger partial charge in [0.25, 0.3) is 0 Å². The first kappa shape index (κ1) is 18.8. The van der Waals surface area contributed by atoms with Crippen LogP contribution < -0.4 is 0 Å². The lowest BCUT2D eigenvalue weighted by Gasteiger charge is -2.33. The lowest BCUT2D eigenvalue weighted by Crippen LogP contribution is -2.41. The molecule has 1 aromatic rings. The Labute approximate surface area is 148 Å². The van der Waals surface area contributed by atoms with E-state index in [2.05, 4.69) is 0 Å². The summed E-state index contributed by atoms with van der Waals surface area (Å²) in [7, 11) is -7.20. The molecular formula is C16H23NO6S2. The van der Waals surface area contributed by atoms with Crippen LogP contribution >= 0.6 is 0 Å². The average molecular weight is 389 g/mol. The van der Waals surface area contributed by atoms with Crippen LogP contribution in [0, 0.1) is 12.8 Å². The van der Waals surface area contributed by atoms with Crippen molar-refractivity contribution in [2.24, 2.45) is 5.92 Å². The Morgan fingerprint density at radius 3 is 2.20 bits per heavy atom. The number of hydrogen-bond acceptors (Lipinski definition) is 6. The maximum Gasteiger partial charge on any atom is 0.243 e. The number of benzene rings is 1. The number of ether oxygens (including phenoxy) is 2. The largest absolute Gasteiger partial charge is 0.350 e. The zero-order chi connectivity index (χ0) is 18.2. The molecule has 0 bridgehead atoms. The zero-order valence-corrected chi connectivity index (χ0v) is 16.0. The van der Waals surface area contributed by atoms with E-state index < -0.39 is 19.9 Å². The fourth-order valence-electron chi connectivity index (χ4n) is 3.27. The molecule has 25 heavy (non-hydrogen) atoms. The van der Waals surface area contributed by atoms with Gasteiger partial charge in [-0.1, -0.05) is 6.07 Å². The number of sulfonamides is 1. The number of rotatable bonds is 4. The molecule has 2 aliphatic rings. The molecule has 0 amide bonds. The number of hydrogen-bond donors (Lipinski definition) is 0. The van der Waals surface area contributed by atoms with E-state index in [-0.39, 0.29) is 22.0 Å². The Morgan fingerprint density at radius 2 is 1.64 bits per heavy atom. The Hall–Kier alpha value is -1.00. The summed E-state index contributed by atoms with van der Waals surface area (Å²) in [4.78, 5) is 0.0709. The molecule has 9 heteroatoms. The monoisotopic (exact) mass is 389 g/mol. The number of aryl methyl sites for hydroxylation is 1. The van der Waals surface area contributed by atoms with Crippen LogP contribution in [0.5, 0.6) is 0 Å².